The van der Waals surface area contributed by atoms with E-state index in [9.17, 15) is 9.59 Å². The molecular weight excluding hydrogens is 280 g/mol. The van der Waals surface area contributed by atoms with Gasteiger partial charge in [-0.25, -0.2) is 4.79 Å². The first-order chi connectivity index (χ1) is 9.99. The van der Waals surface area contributed by atoms with Crippen molar-refractivity contribution in [3.63, 3.8) is 0 Å². The lowest BCUT2D eigenvalue weighted by molar-refractivity contribution is -0.127. The number of aldehydes is 1. The molecule has 0 saturated carbocycles. The highest BCUT2D eigenvalue weighted by atomic mass is 16.4. The number of carbonyl (C=O) groups excluding carboxylic acids is 1. The number of aliphatic hydroxyl groups excluding tert-OH is 4. The van der Waals surface area contributed by atoms with Gasteiger partial charge < -0.3 is 29.6 Å². The second-order valence-electron chi connectivity index (χ2n) is 4.16. The van der Waals surface area contributed by atoms with Crippen molar-refractivity contribution < 1.29 is 29.6 Å². The summed E-state index contributed by atoms with van der Waals surface area (Å²) in [5.74, 6) is 0. The standard InChI is InChI=1S/C9H6O2.C5H10O5/c10-9-6-5-7-3-1-2-4-8(7)11-9;6-1-3(8)5(10)4(9)2-7/h1-6H;1,3-5,7-10H,2H2. The molecule has 0 fully saturated rings. The van der Waals surface area contributed by atoms with E-state index < -0.39 is 24.9 Å². The number of rotatable bonds is 4. The first kappa shape index (κ1) is 17.0. The molecule has 0 radical (unpaired) electrons. The van der Waals surface area contributed by atoms with E-state index in [1.54, 1.807) is 12.1 Å². The van der Waals surface area contributed by atoms with Crippen molar-refractivity contribution in [3.05, 3.63) is 46.8 Å². The predicted molar refractivity (Wildman–Crippen MR) is 73.7 cm³/mol. The summed E-state index contributed by atoms with van der Waals surface area (Å²) in [6, 6.07) is 10.6. The lowest BCUT2D eigenvalue weighted by atomic mass is 10.1. The van der Waals surface area contributed by atoms with Crippen LogP contribution in [0.5, 0.6) is 0 Å². The highest BCUT2D eigenvalue weighted by Crippen LogP contribution is 2.08. The normalized spacial score (nSPS) is 14.7. The van der Waals surface area contributed by atoms with Crippen LogP contribution in [0.2, 0.25) is 0 Å². The van der Waals surface area contributed by atoms with Crippen molar-refractivity contribution in [3.8, 4) is 0 Å². The Bertz CT molecular complexity index is 622. The van der Waals surface area contributed by atoms with Gasteiger partial charge in [0, 0.05) is 11.5 Å². The molecule has 21 heavy (non-hydrogen) atoms. The van der Waals surface area contributed by atoms with Crippen molar-refractivity contribution in [1.29, 1.82) is 0 Å². The maximum absolute atomic E-state index is 10.7. The molecular formula is C14H16O7. The van der Waals surface area contributed by atoms with E-state index in [0.717, 1.165) is 5.39 Å². The van der Waals surface area contributed by atoms with Crippen LogP contribution in [0, 0.1) is 0 Å². The molecule has 7 heteroatoms. The molecule has 0 aliphatic rings. The van der Waals surface area contributed by atoms with Crippen molar-refractivity contribution >= 4 is 17.3 Å². The molecule has 2 aromatic rings. The summed E-state index contributed by atoms with van der Waals surface area (Å²) in [5, 5.41) is 35.0. The molecule has 3 atom stereocenters. The molecule has 1 heterocycles. The summed E-state index contributed by atoms with van der Waals surface area (Å²) in [7, 11) is 0. The smallest absolute Gasteiger partial charge is 0.336 e. The Morgan fingerprint density at radius 1 is 1.10 bits per heavy atom. The quantitative estimate of drug-likeness (QED) is 0.423. The number of carbonyl (C=O) groups is 1. The average molecular weight is 296 g/mol. The molecule has 1 aromatic carbocycles. The molecule has 0 amide bonds. The molecule has 2 rings (SSSR count). The molecule has 114 valence electrons. The average Bonchev–Trinajstić information content (AvgIpc) is 2.53. The Morgan fingerprint density at radius 2 is 1.76 bits per heavy atom. The molecule has 0 aliphatic heterocycles. The van der Waals surface area contributed by atoms with Gasteiger partial charge in [-0.2, -0.15) is 0 Å². The van der Waals surface area contributed by atoms with E-state index in [1.165, 1.54) is 6.07 Å². The third kappa shape index (κ3) is 5.09. The van der Waals surface area contributed by atoms with Crippen LogP contribution >= 0.6 is 0 Å². The Kier molecular flexibility index (Phi) is 6.70. The molecule has 4 N–H and O–H groups in total. The maximum Gasteiger partial charge on any atom is 0.336 e. The Balaban J connectivity index is 0.000000212. The topological polar surface area (TPSA) is 128 Å². The molecule has 0 bridgehead atoms. The van der Waals surface area contributed by atoms with Gasteiger partial charge >= 0.3 is 5.63 Å². The Morgan fingerprint density at radius 3 is 2.38 bits per heavy atom. The summed E-state index contributed by atoms with van der Waals surface area (Å²) in [5.41, 5.74) is 0.337. The largest absolute Gasteiger partial charge is 0.423 e. The zero-order valence-corrected chi connectivity index (χ0v) is 11.0. The van der Waals surface area contributed by atoms with Gasteiger partial charge in [0.05, 0.1) is 6.61 Å². The van der Waals surface area contributed by atoms with Crippen molar-refractivity contribution in [2.45, 2.75) is 18.3 Å². The third-order valence-corrected chi connectivity index (χ3v) is 2.60. The van der Waals surface area contributed by atoms with Gasteiger partial charge in [-0.05, 0) is 12.1 Å². The van der Waals surface area contributed by atoms with Gasteiger partial charge in [0.25, 0.3) is 0 Å². The van der Waals surface area contributed by atoms with E-state index in [1.807, 2.05) is 18.2 Å². The zero-order valence-electron chi connectivity index (χ0n) is 11.0. The van der Waals surface area contributed by atoms with Crippen molar-refractivity contribution in [2.75, 3.05) is 6.61 Å². The number of benzene rings is 1. The third-order valence-electron chi connectivity index (χ3n) is 2.60. The number of hydrogen-bond acceptors (Lipinski definition) is 7. The van der Waals surface area contributed by atoms with Gasteiger partial charge in [0.15, 0.2) is 6.29 Å². The summed E-state index contributed by atoms with van der Waals surface area (Å²) < 4.78 is 4.91. The molecule has 0 spiro atoms. The molecule has 0 saturated heterocycles. The highest BCUT2D eigenvalue weighted by Gasteiger charge is 2.22. The molecule has 3 unspecified atom stereocenters. The van der Waals surface area contributed by atoms with Crippen LogP contribution in [0.4, 0.5) is 0 Å². The fourth-order valence-corrected chi connectivity index (χ4v) is 1.43. The van der Waals surface area contributed by atoms with Gasteiger partial charge in [0.2, 0.25) is 0 Å². The predicted octanol–water partition coefficient (Wildman–Crippen LogP) is -0.947. The molecule has 7 nitrogen and oxygen atoms in total. The van der Waals surface area contributed by atoms with E-state index in [-0.39, 0.29) is 11.9 Å². The van der Waals surface area contributed by atoms with Crippen LogP contribution in [0.25, 0.3) is 11.0 Å². The van der Waals surface area contributed by atoms with Crippen molar-refractivity contribution in [1.82, 2.24) is 0 Å². The van der Waals surface area contributed by atoms with Crippen LogP contribution in [-0.4, -0.2) is 51.6 Å². The number of para-hydroxylation sites is 1. The van der Waals surface area contributed by atoms with Gasteiger partial charge in [-0.1, -0.05) is 18.2 Å². The zero-order chi connectivity index (χ0) is 15.8. The fourth-order valence-electron chi connectivity index (χ4n) is 1.43. The van der Waals surface area contributed by atoms with Crippen LogP contribution < -0.4 is 5.63 Å². The minimum atomic E-state index is -1.64. The maximum atomic E-state index is 10.7. The minimum absolute atomic E-state index is 0.0869. The van der Waals surface area contributed by atoms with Gasteiger partial charge in [-0.15, -0.1) is 0 Å². The first-order valence-corrected chi connectivity index (χ1v) is 6.09. The first-order valence-electron chi connectivity index (χ1n) is 6.09. The van der Waals surface area contributed by atoms with Crippen LogP contribution in [0.3, 0.4) is 0 Å². The minimum Gasteiger partial charge on any atom is -0.423 e. The second-order valence-corrected chi connectivity index (χ2v) is 4.16. The van der Waals surface area contributed by atoms with E-state index >= 15 is 0 Å². The fraction of sp³-hybridized carbons (Fsp3) is 0.286. The van der Waals surface area contributed by atoms with Gasteiger partial charge in [0.1, 0.15) is 23.9 Å². The Labute approximate surface area is 119 Å². The van der Waals surface area contributed by atoms with E-state index in [0.29, 0.717) is 5.58 Å². The Hall–Kier alpha value is -2.06. The highest BCUT2D eigenvalue weighted by molar-refractivity contribution is 5.75. The summed E-state index contributed by atoms with van der Waals surface area (Å²) in [6.45, 7) is -0.688. The number of fused-ring (bicyclic) bond motifs is 1. The second kappa shape index (κ2) is 8.28. The summed E-state index contributed by atoms with van der Waals surface area (Å²) in [6.07, 6.45) is -4.63. The van der Waals surface area contributed by atoms with Crippen LogP contribution in [0.15, 0.2) is 45.6 Å². The van der Waals surface area contributed by atoms with Crippen LogP contribution in [0.1, 0.15) is 0 Å². The summed E-state index contributed by atoms with van der Waals surface area (Å²) in [4.78, 5) is 20.5. The SMILES string of the molecule is O=CC(O)C(O)C(O)CO.O=c1ccc2ccccc2o1. The number of hydrogen-bond donors (Lipinski definition) is 4. The lowest BCUT2D eigenvalue weighted by Gasteiger charge is -2.16. The van der Waals surface area contributed by atoms with E-state index in [2.05, 4.69) is 0 Å². The van der Waals surface area contributed by atoms with Gasteiger partial charge in [-0.3, -0.25) is 0 Å². The van der Waals surface area contributed by atoms with Crippen LogP contribution in [-0.2, 0) is 4.79 Å². The van der Waals surface area contributed by atoms with E-state index in [4.69, 9.17) is 24.8 Å². The monoisotopic (exact) mass is 296 g/mol. The summed E-state index contributed by atoms with van der Waals surface area (Å²) >= 11 is 0. The van der Waals surface area contributed by atoms with Crippen molar-refractivity contribution in [2.24, 2.45) is 0 Å². The lowest BCUT2D eigenvalue weighted by Crippen LogP contribution is -2.40. The molecule has 0 aliphatic carbocycles. The number of aliphatic hydroxyl groups is 4. The molecule has 1 aromatic heterocycles.